The molecule has 0 saturated heterocycles. The lowest BCUT2D eigenvalue weighted by Gasteiger charge is -2.32. The topological polar surface area (TPSA) is 96.6 Å². The van der Waals surface area contributed by atoms with Crippen molar-refractivity contribution >= 4 is 79.9 Å². The maximum Gasteiger partial charge on any atom is 0.297 e. The van der Waals surface area contributed by atoms with Crippen LogP contribution >= 0.6 is 46.3 Å². The Morgan fingerprint density at radius 1 is 1.05 bits per heavy atom. The fraction of sp³-hybridized carbons (Fsp3) is 0.167. The number of anilines is 2. The number of thioether (sulfide) groups is 1. The predicted octanol–water partition coefficient (Wildman–Crippen LogP) is 7.04. The molecule has 2 aromatic heterocycles. The third-order valence-corrected chi connectivity index (χ3v) is 10.2. The summed E-state index contributed by atoms with van der Waals surface area (Å²) in [6.07, 6.45) is 0.626. The van der Waals surface area contributed by atoms with Crippen LogP contribution in [0.2, 0.25) is 10.0 Å². The van der Waals surface area contributed by atoms with Crippen molar-refractivity contribution in [1.29, 1.82) is 0 Å². The highest BCUT2D eigenvalue weighted by molar-refractivity contribution is 8.00. The van der Waals surface area contributed by atoms with E-state index in [1.165, 1.54) is 22.7 Å². The summed E-state index contributed by atoms with van der Waals surface area (Å²) in [5.41, 5.74) is -0.879. The SMILES string of the molecule is CCCN1C(=O)C2(c3ccccc31)c1c(oc3ccc(F)cc3c1=O)C(=O)N2c1nnc(SCc2ccc(Cl)cc2Cl)s1. The molecule has 1 unspecified atom stereocenters. The summed E-state index contributed by atoms with van der Waals surface area (Å²) in [7, 11) is 0. The molecule has 0 N–H and O–H groups in total. The van der Waals surface area contributed by atoms with Gasteiger partial charge >= 0.3 is 0 Å². The Labute approximate surface area is 262 Å². The minimum absolute atomic E-state index is 0.0352. The van der Waals surface area contributed by atoms with Crippen LogP contribution in [-0.4, -0.2) is 28.6 Å². The van der Waals surface area contributed by atoms with E-state index >= 15 is 0 Å². The van der Waals surface area contributed by atoms with Crippen LogP contribution in [0.1, 0.15) is 40.6 Å². The van der Waals surface area contributed by atoms with Crippen LogP contribution in [0.4, 0.5) is 15.2 Å². The van der Waals surface area contributed by atoms with Crippen LogP contribution in [0.3, 0.4) is 0 Å². The first kappa shape index (κ1) is 28.0. The van der Waals surface area contributed by atoms with E-state index in [0.29, 0.717) is 44.4 Å². The van der Waals surface area contributed by atoms with E-state index in [1.54, 1.807) is 41.3 Å². The summed E-state index contributed by atoms with van der Waals surface area (Å²) in [5.74, 6) is -1.70. The Hall–Kier alpha value is -3.77. The lowest BCUT2D eigenvalue weighted by Crippen LogP contribution is -2.53. The molecule has 2 amide bonds. The number of amides is 2. The van der Waals surface area contributed by atoms with Gasteiger partial charge in [0.15, 0.2) is 15.3 Å². The molecule has 2 aliphatic heterocycles. The normalized spacial score (nSPS) is 17.4. The van der Waals surface area contributed by atoms with Gasteiger partial charge in [0.25, 0.3) is 11.8 Å². The number of hydrogen-bond donors (Lipinski definition) is 0. The van der Waals surface area contributed by atoms with Crippen molar-refractivity contribution in [2.24, 2.45) is 0 Å². The minimum Gasteiger partial charge on any atom is -0.450 e. The molecule has 7 rings (SSSR count). The smallest absolute Gasteiger partial charge is 0.297 e. The molecule has 0 fully saturated rings. The van der Waals surface area contributed by atoms with Crippen molar-refractivity contribution < 1.29 is 18.4 Å². The van der Waals surface area contributed by atoms with Crippen molar-refractivity contribution in [1.82, 2.24) is 10.2 Å². The number of benzene rings is 3. The monoisotopic (exact) mass is 652 g/mol. The molecule has 0 radical (unpaired) electrons. The molecular weight excluding hydrogens is 634 g/mol. The molecule has 216 valence electrons. The van der Waals surface area contributed by atoms with Gasteiger partial charge in [0, 0.05) is 27.9 Å². The van der Waals surface area contributed by atoms with E-state index in [1.807, 2.05) is 13.0 Å². The fourth-order valence-electron chi connectivity index (χ4n) is 5.71. The van der Waals surface area contributed by atoms with Gasteiger partial charge in [-0.1, -0.05) is 77.5 Å². The molecule has 13 heteroatoms. The van der Waals surface area contributed by atoms with Gasteiger partial charge in [0.1, 0.15) is 11.4 Å². The number of rotatable bonds is 6. The predicted molar refractivity (Wildman–Crippen MR) is 165 cm³/mol. The zero-order valence-corrected chi connectivity index (χ0v) is 25.4. The first-order valence-electron chi connectivity index (χ1n) is 13.2. The van der Waals surface area contributed by atoms with Gasteiger partial charge in [-0.15, -0.1) is 10.2 Å². The number of aromatic nitrogens is 2. The summed E-state index contributed by atoms with van der Waals surface area (Å²) in [6, 6.07) is 15.7. The molecule has 4 heterocycles. The highest BCUT2D eigenvalue weighted by atomic mass is 35.5. The number of carbonyl (C=O) groups is 2. The Morgan fingerprint density at radius 2 is 1.86 bits per heavy atom. The lowest BCUT2D eigenvalue weighted by molar-refractivity contribution is -0.121. The fourth-order valence-corrected chi connectivity index (χ4v) is 8.16. The van der Waals surface area contributed by atoms with Gasteiger partial charge in [0.05, 0.1) is 16.6 Å². The summed E-state index contributed by atoms with van der Waals surface area (Å²) < 4.78 is 20.8. The average molecular weight is 654 g/mol. The molecule has 43 heavy (non-hydrogen) atoms. The third-order valence-electron chi connectivity index (χ3n) is 7.49. The molecule has 8 nitrogen and oxygen atoms in total. The number of carbonyl (C=O) groups excluding carboxylic acids is 2. The highest BCUT2D eigenvalue weighted by Gasteiger charge is 2.66. The summed E-state index contributed by atoms with van der Waals surface area (Å²) >= 11 is 14.8. The lowest BCUT2D eigenvalue weighted by atomic mass is 9.84. The molecule has 0 bridgehead atoms. The van der Waals surface area contributed by atoms with Crippen molar-refractivity contribution in [2.45, 2.75) is 29.0 Å². The quantitative estimate of drug-likeness (QED) is 0.143. The van der Waals surface area contributed by atoms with Crippen LogP contribution < -0.4 is 15.2 Å². The number of nitrogens with zero attached hydrogens (tertiary/aromatic N) is 4. The Bertz CT molecular complexity index is 2050. The molecule has 1 spiro atoms. The van der Waals surface area contributed by atoms with Gasteiger partial charge < -0.3 is 9.32 Å². The summed E-state index contributed by atoms with van der Waals surface area (Å²) in [4.78, 5) is 45.8. The summed E-state index contributed by atoms with van der Waals surface area (Å²) in [5, 5.41) is 9.67. The van der Waals surface area contributed by atoms with Crippen molar-refractivity contribution in [3.8, 4) is 0 Å². The first-order chi connectivity index (χ1) is 20.7. The van der Waals surface area contributed by atoms with Gasteiger partial charge in [0.2, 0.25) is 10.9 Å². The minimum atomic E-state index is -1.92. The molecule has 1 atom stereocenters. The van der Waals surface area contributed by atoms with Gasteiger partial charge in [-0.2, -0.15) is 0 Å². The Morgan fingerprint density at radius 3 is 2.65 bits per heavy atom. The number of hydrogen-bond acceptors (Lipinski definition) is 8. The second-order valence-electron chi connectivity index (χ2n) is 9.98. The van der Waals surface area contributed by atoms with E-state index in [0.717, 1.165) is 29.0 Å². The van der Waals surface area contributed by atoms with Crippen LogP contribution in [0, 0.1) is 5.82 Å². The van der Waals surface area contributed by atoms with E-state index in [4.69, 9.17) is 27.6 Å². The van der Waals surface area contributed by atoms with Gasteiger partial charge in [-0.25, -0.2) is 4.39 Å². The maximum absolute atomic E-state index is 14.6. The zero-order valence-electron chi connectivity index (χ0n) is 22.3. The molecule has 0 aliphatic carbocycles. The van der Waals surface area contributed by atoms with Crippen LogP contribution in [0.25, 0.3) is 11.0 Å². The zero-order chi connectivity index (χ0) is 30.0. The summed E-state index contributed by atoms with van der Waals surface area (Å²) in [6.45, 7) is 2.28. The highest BCUT2D eigenvalue weighted by Crippen LogP contribution is 2.54. The van der Waals surface area contributed by atoms with Crippen LogP contribution in [-0.2, 0) is 16.1 Å². The van der Waals surface area contributed by atoms with Crippen molar-refractivity contribution in [3.05, 3.63) is 109 Å². The first-order valence-corrected chi connectivity index (χ1v) is 15.7. The van der Waals surface area contributed by atoms with E-state index in [-0.39, 0.29) is 27.4 Å². The van der Waals surface area contributed by atoms with Crippen LogP contribution in [0.5, 0.6) is 0 Å². The third kappa shape index (κ3) is 4.13. The van der Waals surface area contributed by atoms with E-state index in [9.17, 15) is 18.8 Å². The largest absolute Gasteiger partial charge is 0.450 e. The number of para-hydroxylation sites is 1. The van der Waals surface area contributed by atoms with Crippen molar-refractivity contribution in [2.75, 3.05) is 16.3 Å². The molecule has 2 aliphatic rings. The second kappa shape index (κ2) is 10.4. The van der Waals surface area contributed by atoms with E-state index in [2.05, 4.69) is 10.2 Å². The Kier molecular flexibility index (Phi) is 6.81. The molecule has 5 aromatic rings. The Balaban J connectivity index is 1.42. The second-order valence-corrected chi connectivity index (χ2v) is 13.0. The van der Waals surface area contributed by atoms with Gasteiger partial charge in [-0.05, 0) is 48.4 Å². The van der Waals surface area contributed by atoms with E-state index < -0.39 is 28.6 Å². The standard InChI is InChI=1S/C30H19Cl2FN4O4S2/c1-2-11-36-21-6-4-3-5-19(21)30(27(36)40)23-24(38)18-13-17(33)9-10-22(18)41-25(23)26(39)37(30)28-34-35-29(43-28)42-14-15-7-8-16(31)12-20(15)32/h3-10,12-13H,2,11,14H2,1H3. The van der Waals surface area contributed by atoms with Gasteiger partial charge in [-0.3, -0.25) is 19.3 Å². The van der Waals surface area contributed by atoms with Crippen molar-refractivity contribution in [3.63, 3.8) is 0 Å². The molecule has 3 aromatic carbocycles. The molecule has 0 saturated carbocycles. The maximum atomic E-state index is 14.6. The number of halogens is 3. The molecular formula is C30H19Cl2FN4O4S2. The van der Waals surface area contributed by atoms with Crippen LogP contribution in [0.15, 0.2) is 74.2 Å². The average Bonchev–Trinajstić information content (AvgIpc) is 3.62. The number of fused-ring (bicyclic) bond motifs is 5.